The standard InChI is InChI=1S/C18H22N2O3/c1-3-10-19-18(22)13(2)20-17(21)12-23-16-9-8-14-6-4-5-7-15(14)11-16/h4-9,11,13H,3,10,12H2,1-2H3,(H,19,22)(H,20,21)/t13-/m0/s1. The van der Waals surface area contributed by atoms with Crippen LogP contribution >= 0.6 is 0 Å². The first-order chi connectivity index (χ1) is 11.1. The lowest BCUT2D eigenvalue weighted by atomic mass is 10.1. The number of rotatable bonds is 7. The van der Waals surface area contributed by atoms with Gasteiger partial charge in [0.25, 0.3) is 5.91 Å². The molecule has 0 aliphatic carbocycles. The van der Waals surface area contributed by atoms with Gasteiger partial charge in [-0.05, 0) is 36.2 Å². The topological polar surface area (TPSA) is 67.4 Å². The van der Waals surface area contributed by atoms with Crippen LogP contribution in [0.25, 0.3) is 10.8 Å². The molecule has 5 heteroatoms. The van der Waals surface area contributed by atoms with Gasteiger partial charge < -0.3 is 15.4 Å². The number of benzene rings is 2. The molecule has 0 fully saturated rings. The molecule has 1 atom stereocenters. The molecule has 0 aromatic heterocycles. The maximum Gasteiger partial charge on any atom is 0.258 e. The molecule has 0 spiro atoms. The number of hydrogen-bond acceptors (Lipinski definition) is 3. The Balaban J connectivity index is 1.84. The van der Waals surface area contributed by atoms with Crippen LogP contribution < -0.4 is 15.4 Å². The van der Waals surface area contributed by atoms with Crippen LogP contribution in [0.1, 0.15) is 20.3 Å². The third-order valence-corrected chi connectivity index (χ3v) is 3.41. The van der Waals surface area contributed by atoms with Crippen LogP contribution in [0, 0.1) is 0 Å². The van der Waals surface area contributed by atoms with E-state index in [0.717, 1.165) is 17.2 Å². The fraction of sp³-hybridized carbons (Fsp3) is 0.333. The van der Waals surface area contributed by atoms with Crippen LogP contribution in [0.3, 0.4) is 0 Å². The van der Waals surface area contributed by atoms with Crippen molar-refractivity contribution in [3.05, 3.63) is 42.5 Å². The third kappa shape index (κ3) is 4.98. The van der Waals surface area contributed by atoms with Gasteiger partial charge in [0.15, 0.2) is 6.61 Å². The van der Waals surface area contributed by atoms with E-state index in [0.29, 0.717) is 12.3 Å². The van der Waals surface area contributed by atoms with Crippen molar-refractivity contribution in [3.8, 4) is 5.75 Å². The van der Waals surface area contributed by atoms with E-state index in [2.05, 4.69) is 10.6 Å². The van der Waals surface area contributed by atoms with Gasteiger partial charge in [0.1, 0.15) is 11.8 Å². The average molecular weight is 314 g/mol. The Labute approximate surface area is 136 Å². The molecule has 0 saturated heterocycles. The SMILES string of the molecule is CCCNC(=O)[C@H](C)NC(=O)COc1ccc2ccccc2c1. The molecule has 0 radical (unpaired) electrons. The van der Waals surface area contributed by atoms with E-state index in [9.17, 15) is 9.59 Å². The zero-order chi connectivity index (χ0) is 16.7. The maximum absolute atomic E-state index is 11.9. The molecule has 2 rings (SSSR count). The lowest BCUT2D eigenvalue weighted by molar-refractivity contribution is -0.129. The summed E-state index contributed by atoms with van der Waals surface area (Å²) >= 11 is 0. The van der Waals surface area contributed by atoms with E-state index in [1.807, 2.05) is 49.4 Å². The van der Waals surface area contributed by atoms with E-state index in [1.165, 1.54) is 0 Å². The van der Waals surface area contributed by atoms with E-state index in [4.69, 9.17) is 4.74 Å². The highest BCUT2D eigenvalue weighted by atomic mass is 16.5. The van der Waals surface area contributed by atoms with Gasteiger partial charge in [-0.3, -0.25) is 9.59 Å². The molecule has 0 saturated carbocycles. The average Bonchev–Trinajstić information content (AvgIpc) is 2.57. The van der Waals surface area contributed by atoms with Crippen molar-refractivity contribution in [3.63, 3.8) is 0 Å². The van der Waals surface area contributed by atoms with E-state index >= 15 is 0 Å². The molecule has 122 valence electrons. The first-order valence-electron chi connectivity index (χ1n) is 7.79. The van der Waals surface area contributed by atoms with Crippen molar-refractivity contribution in [1.29, 1.82) is 0 Å². The summed E-state index contributed by atoms with van der Waals surface area (Å²) in [5.41, 5.74) is 0. The van der Waals surface area contributed by atoms with Gasteiger partial charge >= 0.3 is 0 Å². The predicted molar refractivity (Wildman–Crippen MR) is 90.3 cm³/mol. The van der Waals surface area contributed by atoms with Crippen molar-refractivity contribution in [2.75, 3.05) is 13.2 Å². The summed E-state index contributed by atoms with van der Waals surface area (Å²) < 4.78 is 5.49. The molecular weight excluding hydrogens is 292 g/mol. The van der Waals surface area contributed by atoms with Gasteiger partial charge in [-0.15, -0.1) is 0 Å². The Morgan fingerprint density at radius 3 is 2.61 bits per heavy atom. The van der Waals surface area contributed by atoms with Gasteiger partial charge in [-0.2, -0.15) is 0 Å². The normalized spacial score (nSPS) is 11.7. The van der Waals surface area contributed by atoms with Crippen LogP contribution in [-0.2, 0) is 9.59 Å². The zero-order valence-electron chi connectivity index (χ0n) is 13.5. The van der Waals surface area contributed by atoms with E-state index in [-0.39, 0.29) is 18.4 Å². The first-order valence-corrected chi connectivity index (χ1v) is 7.79. The van der Waals surface area contributed by atoms with Gasteiger partial charge in [0.2, 0.25) is 5.91 Å². The summed E-state index contributed by atoms with van der Waals surface area (Å²) in [4.78, 5) is 23.5. The molecule has 0 unspecified atom stereocenters. The van der Waals surface area contributed by atoms with Crippen molar-refractivity contribution < 1.29 is 14.3 Å². The van der Waals surface area contributed by atoms with Crippen molar-refractivity contribution in [2.24, 2.45) is 0 Å². The number of carbonyl (C=O) groups is 2. The highest BCUT2D eigenvalue weighted by Crippen LogP contribution is 2.20. The quantitative estimate of drug-likeness (QED) is 0.823. The molecule has 0 bridgehead atoms. The minimum atomic E-state index is -0.575. The zero-order valence-corrected chi connectivity index (χ0v) is 13.5. The second-order valence-electron chi connectivity index (χ2n) is 5.38. The van der Waals surface area contributed by atoms with Gasteiger partial charge in [-0.25, -0.2) is 0 Å². The van der Waals surface area contributed by atoms with Crippen LogP contribution in [-0.4, -0.2) is 31.0 Å². The van der Waals surface area contributed by atoms with Gasteiger partial charge in [-0.1, -0.05) is 37.3 Å². The van der Waals surface area contributed by atoms with Crippen molar-refractivity contribution in [2.45, 2.75) is 26.3 Å². The molecule has 0 heterocycles. The Bertz CT molecular complexity index is 685. The maximum atomic E-state index is 11.9. The summed E-state index contributed by atoms with van der Waals surface area (Å²) in [5.74, 6) is 0.116. The second-order valence-corrected chi connectivity index (χ2v) is 5.38. The number of fused-ring (bicyclic) bond motifs is 1. The van der Waals surface area contributed by atoms with Crippen LogP contribution in [0.15, 0.2) is 42.5 Å². The predicted octanol–water partition coefficient (Wildman–Crippen LogP) is 2.25. The monoisotopic (exact) mass is 314 g/mol. The van der Waals surface area contributed by atoms with E-state index < -0.39 is 6.04 Å². The molecule has 5 nitrogen and oxygen atoms in total. The van der Waals surface area contributed by atoms with Gasteiger partial charge in [0.05, 0.1) is 0 Å². The third-order valence-electron chi connectivity index (χ3n) is 3.41. The molecule has 2 N–H and O–H groups in total. The first kappa shape index (κ1) is 16.8. The summed E-state index contributed by atoms with van der Waals surface area (Å²) in [6.45, 7) is 4.11. The number of amides is 2. The molecule has 2 aromatic rings. The number of carbonyl (C=O) groups excluding carboxylic acids is 2. The summed E-state index contributed by atoms with van der Waals surface area (Å²) in [6, 6.07) is 13.0. The van der Waals surface area contributed by atoms with Gasteiger partial charge in [0, 0.05) is 6.54 Å². The highest BCUT2D eigenvalue weighted by Gasteiger charge is 2.15. The Morgan fingerprint density at radius 1 is 1.13 bits per heavy atom. The summed E-state index contributed by atoms with van der Waals surface area (Å²) in [7, 11) is 0. The molecule has 2 amide bonds. The Kier molecular flexibility index (Phi) is 5.97. The Hall–Kier alpha value is -2.56. The van der Waals surface area contributed by atoms with Crippen LogP contribution in [0.5, 0.6) is 5.75 Å². The minimum Gasteiger partial charge on any atom is -0.484 e. The second kappa shape index (κ2) is 8.17. The lowest BCUT2D eigenvalue weighted by Crippen LogP contribution is -2.46. The highest BCUT2D eigenvalue weighted by molar-refractivity contribution is 5.88. The Morgan fingerprint density at radius 2 is 1.87 bits per heavy atom. The smallest absolute Gasteiger partial charge is 0.258 e. The lowest BCUT2D eigenvalue weighted by Gasteiger charge is -2.14. The largest absolute Gasteiger partial charge is 0.484 e. The fourth-order valence-corrected chi connectivity index (χ4v) is 2.16. The molecule has 2 aromatic carbocycles. The van der Waals surface area contributed by atoms with E-state index in [1.54, 1.807) is 6.92 Å². The minimum absolute atomic E-state index is 0.121. The number of ether oxygens (including phenoxy) is 1. The van der Waals surface area contributed by atoms with Crippen LogP contribution in [0.4, 0.5) is 0 Å². The molecule has 23 heavy (non-hydrogen) atoms. The van der Waals surface area contributed by atoms with Crippen LogP contribution in [0.2, 0.25) is 0 Å². The number of nitrogens with one attached hydrogen (secondary N) is 2. The molecular formula is C18H22N2O3. The number of hydrogen-bond donors (Lipinski definition) is 2. The molecule has 0 aliphatic rings. The molecule has 0 aliphatic heterocycles. The fourth-order valence-electron chi connectivity index (χ4n) is 2.16. The summed E-state index contributed by atoms with van der Waals surface area (Å²) in [6.07, 6.45) is 0.859. The van der Waals surface area contributed by atoms with Crippen molar-refractivity contribution in [1.82, 2.24) is 10.6 Å². The summed E-state index contributed by atoms with van der Waals surface area (Å²) in [5, 5.41) is 7.53. The van der Waals surface area contributed by atoms with Crippen molar-refractivity contribution >= 4 is 22.6 Å².